The molecule has 5 aromatic rings. The van der Waals surface area contributed by atoms with Gasteiger partial charge in [0.25, 0.3) is 0 Å². The Morgan fingerprint density at radius 2 is 1.44 bits per heavy atom. The molecule has 2 nitrogen and oxygen atoms in total. The summed E-state index contributed by atoms with van der Waals surface area (Å²) < 4.78 is 0. The van der Waals surface area contributed by atoms with Crippen LogP contribution in [0.5, 0.6) is 0 Å². The number of anilines is 1. The minimum absolute atomic E-state index is 0.0587. The van der Waals surface area contributed by atoms with Gasteiger partial charge in [0.1, 0.15) is 0 Å². The molecule has 1 aromatic heterocycles. The summed E-state index contributed by atoms with van der Waals surface area (Å²) in [6, 6.07) is 38.7. The topological polar surface area (TPSA) is 24.9 Å². The molecule has 0 fully saturated rings. The number of aromatic nitrogens is 1. The minimum Gasteiger partial charge on any atom is -0.372 e. The van der Waals surface area contributed by atoms with E-state index >= 15 is 0 Å². The highest BCUT2D eigenvalue weighted by atomic mass is 15.0. The normalized spacial score (nSPS) is 12.9. The molecule has 4 aromatic carbocycles. The van der Waals surface area contributed by atoms with Crippen LogP contribution in [-0.2, 0) is 6.42 Å². The average molecular weight is 471 g/mol. The van der Waals surface area contributed by atoms with Crippen molar-refractivity contribution in [3.05, 3.63) is 132 Å². The summed E-state index contributed by atoms with van der Waals surface area (Å²) in [4.78, 5) is 5.25. The van der Waals surface area contributed by atoms with Crippen LogP contribution in [0.2, 0.25) is 0 Å². The molecule has 0 radical (unpaired) electrons. The summed E-state index contributed by atoms with van der Waals surface area (Å²) in [6.07, 6.45) is 2.09. The fourth-order valence-electron chi connectivity index (χ4n) is 5.05. The van der Waals surface area contributed by atoms with Crippen molar-refractivity contribution >= 4 is 16.5 Å². The Bertz CT molecular complexity index is 1450. The number of nitrogens with one attached hydrogen (secondary N) is 1. The third-order valence-electron chi connectivity index (χ3n) is 7.26. The van der Waals surface area contributed by atoms with Gasteiger partial charge in [-0.15, -0.1) is 0 Å². The predicted octanol–water partition coefficient (Wildman–Crippen LogP) is 9.18. The summed E-state index contributed by atoms with van der Waals surface area (Å²) in [6.45, 7) is 6.81. The van der Waals surface area contributed by atoms with Gasteiger partial charge in [-0.1, -0.05) is 118 Å². The van der Waals surface area contributed by atoms with Crippen LogP contribution < -0.4 is 5.32 Å². The Morgan fingerprint density at radius 3 is 2.25 bits per heavy atom. The lowest BCUT2D eigenvalue weighted by Gasteiger charge is -2.26. The summed E-state index contributed by atoms with van der Waals surface area (Å²) in [5.41, 5.74) is 8.37. The monoisotopic (exact) mass is 470 g/mol. The molecule has 0 aliphatic heterocycles. The second-order valence-corrected chi connectivity index (χ2v) is 9.51. The molecule has 0 aliphatic rings. The number of rotatable bonds is 8. The minimum atomic E-state index is -0.0587. The highest BCUT2D eigenvalue weighted by Gasteiger charge is 2.21. The van der Waals surface area contributed by atoms with Crippen molar-refractivity contribution in [3.8, 4) is 11.3 Å². The van der Waals surface area contributed by atoms with E-state index in [0.717, 1.165) is 29.8 Å². The smallest absolute Gasteiger partial charge is 0.0940 e. The van der Waals surface area contributed by atoms with E-state index in [1.165, 1.54) is 33.2 Å². The van der Waals surface area contributed by atoms with Crippen molar-refractivity contribution in [2.75, 3.05) is 5.32 Å². The van der Waals surface area contributed by atoms with Gasteiger partial charge in [0, 0.05) is 11.3 Å². The van der Waals surface area contributed by atoms with E-state index in [4.69, 9.17) is 4.98 Å². The van der Waals surface area contributed by atoms with Crippen LogP contribution in [0.15, 0.2) is 109 Å². The Labute approximate surface area is 215 Å². The SMILES string of the molecule is CCc1cccc(C(C)CC)c1NC(c1ccccc1)c1cccc(-c2cccc3ccccc23)n1. The Hall–Kier alpha value is -3.91. The number of hydrogen-bond acceptors (Lipinski definition) is 2. The van der Waals surface area contributed by atoms with E-state index in [1.54, 1.807) is 0 Å². The fraction of sp³-hybridized carbons (Fsp3) is 0.206. The Kier molecular flexibility index (Phi) is 7.13. The van der Waals surface area contributed by atoms with E-state index in [1.807, 2.05) is 0 Å². The molecule has 180 valence electrons. The second-order valence-electron chi connectivity index (χ2n) is 9.51. The first-order valence-electron chi connectivity index (χ1n) is 13.1. The van der Waals surface area contributed by atoms with E-state index in [9.17, 15) is 0 Å². The first kappa shape index (κ1) is 23.8. The van der Waals surface area contributed by atoms with Gasteiger partial charge in [-0.05, 0) is 58.4 Å². The van der Waals surface area contributed by atoms with Crippen molar-refractivity contribution in [2.45, 2.75) is 45.6 Å². The Morgan fingerprint density at radius 1 is 0.722 bits per heavy atom. The highest BCUT2D eigenvalue weighted by Crippen LogP contribution is 2.36. The molecular weight excluding hydrogens is 436 g/mol. The van der Waals surface area contributed by atoms with Gasteiger partial charge in [-0.25, -0.2) is 0 Å². The molecule has 5 rings (SSSR count). The number of benzene rings is 4. The van der Waals surface area contributed by atoms with Crippen LogP contribution in [0, 0.1) is 0 Å². The van der Waals surface area contributed by atoms with Crippen molar-refractivity contribution in [1.29, 1.82) is 0 Å². The van der Waals surface area contributed by atoms with Crippen LogP contribution in [0.25, 0.3) is 22.0 Å². The zero-order chi connectivity index (χ0) is 24.9. The molecule has 0 aliphatic carbocycles. The molecule has 0 spiro atoms. The van der Waals surface area contributed by atoms with E-state index in [-0.39, 0.29) is 6.04 Å². The molecule has 2 atom stereocenters. The molecule has 0 saturated heterocycles. The average Bonchev–Trinajstić information content (AvgIpc) is 2.95. The number of aryl methyl sites for hydroxylation is 1. The van der Waals surface area contributed by atoms with Crippen LogP contribution in [0.3, 0.4) is 0 Å². The first-order valence-corrected chi connectivity index (χ1v) is 13.1. The summed E-state index contributed by atoms with van der Waals surface area (Å²) >= 11 is 0. The number of pyridine rings is 1. The molecule has 1 N–H and O–H groups in total. The summed E-state index contributed by atoms with van der Waals surface area (Å²) in [5, 5.41) is 6.43. The fourth-order valence-corrected chi connectivity index (χ4v) is 5.05. The molecule has 0 bridgehead atoms. The second kappa shape index (κ2) is 10.8. The molecule has 2 unspecified atom stereocenters. The largest absolute Gasteiger partial charge is 0.372 e. The van der Waals surface area contributed by atoms with Crippen molar-refractivity contribution in [2.24, 2.45) is 0 Å². The van der Waals surface area contributed by atoms with Crippen LogP contribution in [0.1, 0.15) is 61.5 Å². The van der Waals surface area contributed by atoms with Gasteiger partial charge in [0.15, 0.2) is 0 Å². The van der Waals surface area contributed by atoms with Crippen molar-refractivity contribution in [3.63, 3.8) is 0 Å². The van der Waals surface area contributed by atoms with Crippen molar-refractivity contribution < 1.29 is 0 Å². The number of fused-ring (bicyclic) bond motifs is 1. The quantitative estimate of drug-likeness (QED) is 0.244. The standard InChI is InChI=1S/C34H34N2/c1-4-24(3)28-20-11-17-25(5-2)33(28)36-34(27-15-7-6-8-16-27)32-23-13-22-31(35-32)30-21-12-18-26-14-9-10-19-29(26)30/h6-24,34,36H,4-5H2,1-3H3. The van der Waals surface area contributed by atoms with E-state index in [2.05, 4.69) is 135 Å². The summed E-state index contributed by atoms with van der Waals surface area (Å²) in [5.74, 6) is 0.477. The molecule has 1 heterocycles. The van der Waals surface area contributed by atoms with Gasteiger partial charge in [-0.2, -0.15) is 0 Å². The van der Waals surface area contributed by atoms with E-state index < -0.39 is 0 Å². The molecular formula is C34H34N2. The molecule has 2 heteroatoms. The molecule has 0 saturated carbocycles. The lowest BCUT2D eigenvalue weighted by molar-refractivity contribution is 0.730. The predicted molar refractivity (Wildman–Crippen MR) is 154 cm³/mol. The van der Waals surface area contributed by atoms with Crippen LogP contribution in [-0.4, -0.2) is 4.98 Å². The maximum Gasteiger partial charge on any atom is 0.0940 e. The third-order valence-corrected chi connectivity index (χ3v) is 7.26. The maximum atomic E-state index is 5.25. The lowest BCUT2D eigenvalue weighted by Crippen LogP contribution is -2.17. The van der Waals surface area contributed by atoms with Crippen LogP contribution >= 0.6 is 0 Å². The highest BCUT2D eigenvalue weighted by molar-refractivity contribution is 5.95. The van der Waals surface area contributed by atoms with Gasteiger partial charge < -0.3 is 5.32 Å². The third kappa shape index (κ3) is 4.77. The Balaban J connectivity index is 1.64. The number of hydrogen-bond donors (Lipinski definition) is 1. The first-order chi connectivity index (χ1) is 17.7. The zero-order valence-electron chi connectivity index (χ0n) is 21.4. The van der Waals surface area contributed by atoms with Crippen molar-refractivity contribution in [1.82, 2.24) is 4.98 Å². The number of nitrogens with zero attached hydrogens (tertiary/aromatic N) is 1. The van der Waals surface area contributed by atoms with E-state index in [0.29, 0.717) is 5.92 Å². The number of para-hydroxylation sites is 1. The van der Waals surface area contributed by atoms with Gasteiger partial charge in [0.2, 0.25) is 0 Å². The summed E-state index contributed by atoms with van der Waals surface area (Å²) in [7, 11) is 0. The maximum absolute atomic E-state index is 5.25. The van der Waals surface area contributed by atoms with Crippen LogP contribution in [0.4, 0.5) is 5.69 Å². The van der Waals surface area contributed by atoms with Gasteiger partial charge in [-0.3, -0.25) is 4.98 Å². The molecule has 36 heavy (non-hydrogen) atoms. The van der Waals surface area contributed by atoms with Gasteiger partial charge >= 0.3 is 0 Å². The molecule has 0 amide bonds. The van der Waals surface area contributed by atoms with Gasteiger partial charge in [0.05, 0.1) is 17.4 Å². The lowest BCUT2D eigenvalue weighted by atomic mass is 9.92. The zero-order valence-corrected chi connectivity index (χ0v) is 21.4.